The van der Waals surface area contributed by atoms with Crippen LogP contribution in [-0.4, -0.2) is 11.8 Å². The predicted molar refractivity (Wildman–Crippen MR) is 80.5 cm³/mol. The third-order valence-electron chi connectivity index (χ3n) is 3.09. The van der Waals surface area contributed by atoms with Gasteiger partial charge >= 0.3 is 6.03 Å². The van der Waals surface area contributed by atoms with Crippen LogP contribution >= 0.6 is 0 Å². The SMILES string of the molecule is O=C(NNC1=Cc2ccccc2C1=O)Nc1ccccc1. The molecule has 3 N–H and O–H groups in total. The average Bonchev–Trinajstić information content (AvgIpc) is 2.83. The maximum atomic E-state index is 12.1. The smallest absolute Gasteiger partial charge is 0.307 e. The van der Waals surface area contributed by atoms with E-state index < -0.39 is 6.03 Å². The summed E-state index contributed by atoms with van der Waals surface area (Å²) >= 11 is 0. The number of benzene rings is 2. The molecule has 1 aliphatic carbocycles. The lowest BCUT2D eigenvalue weighted by Gasteiger charge is -2.09. The second-order valence-corrected chi connectivity index (χ2v) is 4.54. The first-order valence-corrected chi connectivity index (χ1v) is 6.47. The number of Topliss-reactive ketones (excluding diaryl/α,β-unsaturated/α-hetero) is 1. The highest BCUT2D eigenvalue weighted by Gasteiger charge is 2.21. The molecule has 5 heteroatoms. The van der Waals surface area contributed by atoms with Crippen molar-refractivity contribution < 1.29 is 9.59 Å². The molecule has 0 radical (unpaired) electrons. The van der Waals surface area contributed by atoms with Gasteiger partial charge in [-0.05, 0) is 23.8 Å². The zero-order valence-corrected chi connectivity index (χ0v) is 11.1. The third kappa shape index (κ3) is 2.76. The second kappa shape index (κ2) is 5.50. The zero-order chi connectivity index (χ0) is 14.7. The minimum atomic E-state index is -0.439. The summed E-state index contributed by atoms with van der Waals surface area (Å²) in [6, 6.07) is 15.9. The van der Waals surface area contributed by atoms with Crippen LogP contribution in [0.5, 0.6) is 0 Å². The highest BCUT2D eigenvalue weighted by atomic mass is 16.2. The molecule has 21 heavy (non-hydrogen) atoms. The fraction of sp³-hybridized carbons (Fsp3) is 0. The van der Waals surface area contributed by atoms with Gasteiger partial charge in [0.05, 0.1) is 0 Å². The summed E-state index contributed by atoms with van der Waals surface area (Å²) in [6.07, 6.45) is 1.71. The molecule has 3 rings (SSSR count). The fourth-order valence-electron chi connectivity index (χ4n) is 2.10. The zero-order valence-electron chi connectivity index (χ0n) is 11.1. The van der Waals surface area contributed by atoms with Gasteiger partial charge in [-0.1, -0.05) is 42.5 Å². The number of hydrogen-bond donors (Lipinski definition) is 3. The van der Waals surface area contributed by atoms with E-state index in [1.807, 2.05) is 36.4 Å². The van der Waals surface area contributed by atoms with Crippen molar-refractivity contribution in [3.05, 3.63) is 71.4 Å². The fourth-order valence-corrected chi connectivity index (χ4v) is 2.10. The maximum Gasteiger partial charge on any atom is 0.337 e. The van der Waals surface area contributed by atoms with Crippen LogP contribution in [0.2, 0.25) is 0 Å². The van der Waals surface area contributed by atoms with E-state index in [9.17, 15) is 9.59 Å². The quantitative estimate of drug-likeness (QED) is 0.756. The number of nitrogens with one attached hydrogen (secondary N) is 3. The predicted octanol–water partition coefficient (Wildman–Crippen LogP) is 2.55. The Labute approximate surface area is 121 Å². The van der Waals surface area contributed by atoms with Crippen molar-refractivity contribution in [2.45, 2.75) is 0 Å². The molecule has 0 aromatic heterocycles. The van der Waals surface area contributed by atoms with Crippen LogP contribution in [0.4, 0.5) is 10.5 Å². The third-order valence-corrected chi connectivity index (χ3v) is 3.09. The maximum absolute atomic E-state index is 12.1. The molecule has 1 aliphatic rings. The molecule has 5 nitrogen and oxygen atoms in total. The van der Waals surface area contributed by atoms with E-state index in [2.05, 4.69) is 16.2 Å². The highest BCUT2D eigenvalue weighted by molar-refractivity contribution is 6.17. The van der Waals surface area contributed by atoms with Crippen molar-refractivity contribution in [3.63, 3.8) is 0 Å². The van der Waals surface area contributed by atoms with Gasteiger partial charge in [-0.3, -0.25) is 15.6 Å². The van der Waals surface area contributed by atoms with E-state index >= 15 is 0 Å². The van der Waals surface area contributed by atoms with Gasteiger partial charge in [-0.2, -0.15) is 0 Å². The number of ketones is 1. The molecule has 2 amide bonds. The van der Waals surface area contributed by atoms with Crippen molar-refractivity contribution in [1.82, 2.24) is 10.9 Å². The van der Waals surface area contributed by atoms with E-state index in [-0.39, 0.29) is 5.78 Å². The Kier molecular flexibility index (Phi) is 3.39. The van der Waals surface area contributed by atoms with Crippen molar-refractivity contribution in [1.29, 1.82) is 0 Å². The van der Waals surface area contributed by atoms with Gasteiger partial charge in [0, 0.05) is 11.3 Å². The topological polar surface area (TPSA) is 70.2 Å². The summed E-state index contributed by atoms with van der Waals surface area (Å²) in [4.78, 5) is 23.8. The lowest BCUT2D eigenvalue weighted by molar-refractivity contribution is 0.103. The van der Waals surface area contributed by atoms with Gasteiger partial charge in [-0.15, -0.1) is 0 Å². The van der Waals surface area contributed by atoms with E-state index in [0.29, 0.717) is 16.9 Å². The van der Waals surface area contributed by atoms with Gasteiger partial charge < -0.3 is 5.32 Å². The Balaban J connectivity index is 1.59. The van der Waals surface area contributed by atoms with Crippen LogP contribution in [0.1, 0.15) is 15.9 Å². The van der Waals surface area contributed by atoms with Crippen LogP contribution in [0.3, 0.4) is 0 Å². The van der Waals surface area contributed by atoms with Gasteiger partial charge in [0.2, 0.25) is 5.78 Å². The number of carbonyl (C=O) groups is 2. The van der Waals surface area contributed by atoms with E-state index in [1.54, 1.807) is 24.3 Å². The first kappa shape index (κ1) is 12.9. The number of urea groups is 1. The number of para-hydroxylation sites is 1. The van der Waals surface area contributed by atoms with E-state index in [0.717, 1.165) is 5.56 Å². The standard InChI is InChI=1S/C16H13N3O2/c20-15-13-9-5-4-6-11(13)10-14(15)18-19-16(21)17-12-7-2-1-3-8-12/h1-10H,(H,18,20)(H2,17,19,21). The molecule has 0 unspecified atom stereocenters. The summed E-state index contributed by atoms with van der Waals surface area (Å²) < 4.78 is 0. The molecule has 0 saturated carbocycles. The van der Waals surface area contributed by atoms with Gasteiger partial charge in [0.1, 0.15) is 5.70 Å². The van der Waals surface area contributed by atoms with Gasteiger partial charge in [-0.25, -0.2) is 4.79 Å². The Hall–Kier alpha value is -3.08. The van der Waals surface area contributed by atoms with Crippen molar-refractivity contribution in [3.8, 4) is 0 Å². The minimum absolute atomic E-state index is 0.134. The molecule has 0 bridgehead atoms. The van der Waals surface area contributed by atoms with E-state index in [4.69, 9.17) is 0 Å². The number of hydrazine groups is 1. The molecule has 0 heterocycles. The molecule has 2 aromatic carbocycles. The molecule has 2 aromatic rings. The molecule has 0 aliphatic heterocycles. The summed E-state index contributed by atoms with van der Waals surface area (Å²) in [5, 5.41) is 2.65. The van der Waals surface area contributed by atoms with Crippen LogP contribution < -0.4 is 16.2 Å². The lowest BCUT2D eigenvalue weighted by atomic mass is 10.1. The Bertz CT molecular complexity index is 723. The first-order valence-electron chi connectivity index (χ1n) is 6.47. The van der Waals surface area contributed by atoms with Gasteiger partial charge in [0.15, 0.2) is 0 Å². The summed E-state index contributed by atoms with van der Waals surface area (Å²) in [5.74, 6) is -0.134. The molecule has 104 valence electrons. The number of fused-ring (bicyclic) bond motifs is 1. The van der Waals surface area contributed by atoms with E-state index in [1.165, 1.54) is 0 Å². The van der Waals surface area contributed by atoms with Crippen molar-refractivity contribution in [2.24, 2.45) is 0 Å². The molecule has 0 atom stereocenters. The lowest BCUT2D eigenvalue weighted by Crippen LogP contribution is -2.40. The normalized spacial score (nSPS) is 12.4. The van der Waals surface area contributed by atoms with Crippen LogP contribution in [0.15, 0.2) is 60.3 Å². The summed E-state index contributed by atoms with van der Waals surface area (Å²) in [5.41, 5.74) is 7.59. The first-order chi connectivity index (χ1) is 10.2. The molecular formula is C16H13N3O2. The average molecular weight is 279 g/mol. The van der Waals surface area contributed by atoms with Crippen LogP contribution in [0.25, 0.3) is 6.08 Å². The van der Waals surface area contributed by atoms with Crippen molar-refractivity contribution >= 4 is 23.6 Å². The van der Waals surface area contributed by atoms with Crippen LogP contribution in [0, 0.1) is 0 Å². The monoisotopic (exact) mass is 279 g/mol. The number of anilines is 1. The Morgan fingerprint density at radius 1 is 0.905 bits per heavy atom. The second-order valence-electron chi connectivity index (χ2n) is 4.54. The molecule has 0 saturated heterocycles. The Morgan fingerprint density at radius 3 is 2.38 bits per heavy atom. The molecule has 0 spiro atoms. The Morgan fingerprint density at radius 2 is 1.62 bits per heavy atom. The molecular weight excluding hydrogens is 266 g/mol. The number of rotatable bonds is 3. The van der Waals surface area contributed by atoms with Crippen LogP contribution in [-0.2, 0) is 0 Å². The summed E-state index contributed by atoms with van der Waals surface area (Å²) in [7, 11) is 0. The van der Waals surface area contributed by atoms with Gasteiger partial charge in [0.25, 0.3) is 0 Å². The van der Waals surface area contributed by atoms with Crippen molar-refractivity contribution in [2.75, 3.05) is 5.32 Å². The number of carbonyl (C=O) groups excluding carboxylic acids is 2. The largest absolute Gasteiger partial charge is 0.337 e. The number of hydrogen-bond acceptors (Lipinski definition) is 3. The minimum Gasteiger partial charge on any atom is -0.307 e. The number of amides is 2. The highest BCUT2D eigenvalue weighted by Crippen LogP contribution is 2.22. The summed E-state index contributed by atoms with van der Waals surface area (Å²) in [6.45, 7) is 0. The number of allylic oxidation sites excluding steroid dienone is 1. The molecule has 0 fully saturated rings.